The predicted octanol–water partition coefficient (Wildman–Crippen LogP) is 5.10. The molecule has 0 bridgehead atoms. The van der Waals surface area contributed by atoms with Gasteiger partial charge < -0.3 is 0 Å². The highest BCUT2D eigenvalue weighted by Crippen LogP contribution is 2.40. The SMILES string of the molecule is CCC1CSC2(CCCCCCCCCCC2)N1. The Balaban J connectivity index is 1.85. The van der Waals surface area contributed by atoms with Crippen molar-refractivity contribution in [3.05, 3.63) is 0 Å². The van der Waals surface area contributed by atoms with Crippen LogP contribution >= 0.6 is 11.8 Å². The summed E-state index contributed by atoms with van der Waals surface area (Å²) in [7, 11) is 0. The van der Waals surface area contributed by atoms with E-state index in [4.69, 9.17) is 0 Å². The first-order valence-electron chi connectivity index (χ1n) is 8.26. The fourth-order valence-electron chi connectivity index (χ4n) is 3.41. The Bertz CT molecular complexity index is 217. The van der Waals surface area contributed by atoms with Crippen LogP contribution < -0.4 is 5.32 Å². The van der Waals surface area contributed by atoms with Crippen molar-refractivity contribution < 1.29 is 0 Å². The Morgan fingerprint density at radius 3 is 1.83 bits per heavy atom. The van der Waals surface area contributed by atoms with E-state index in [9.17, 15) is 0 Å². The summed E-state index contributed by atoms with van der Waals surface area (Å²) in [6.07, 6.45) is 17.3. The van der Waals surface area contributed by atoms with Crippen LogP contribution in [0.5, 0.6) is 0 Å². The second kappa shape index (κ2) is 7.79. The molecular weight excluding hydrogens is 238 g/mol. The molecule has 1 unspecified atom stereocenters. The summed E-state index contributed by atoms with van der Waals surface area (Å²) >= 11 is 2.24. The van der Waals surface area contributed by atoms with Gasteiger partial charge in [0, 0.05) is 11.8 Å². The Morgan fingerprint density at radius 2 is 1.39 bits per heavy atom. The number of hydrogen-bond acceptors (Lipinski definition) is 2. The molecule has 1 aliphatic heterocycles. The van der Waals surface area contributed by atoms with Gasteiger partial charge in [0.25, 0.3) is 0 Å². The highest BCUT2D eigenvalue weighted by atomic mass is 32.2. The van der Waals surface area contributed by atoms with E-state index in [1.54, 1.807) is 0 Å². The molecule has 2 fully saturated rings. The topological polar surface area (TPSA) is 12.0 Å². The summed E-state index contributed by atoms with van der Waals surface area (Å²) in [6, 6.07) is 0.780. The first-order valence-corrected chi connectivity index (χ1v) is 9.25. The van der Waals surface area contributed by atoms with Crippen molar-refractivity contribution in [2.24, 2.45) is 0 Å². The molecule has 106 valence electrons. The molecule has 0 amide bonds. The van der Waals surface area contributed by atoms with Gasteiger partial charge in [0.2, 0.25) is 0 Å². The molecule has 2 rings (SSSR count). The second-order valence-electron chi connectivity index (χ2n) is 6.24. The van der Waals surface area contributed by atoms with Crippen LogP contribution in [0.25, 0.3) is 0 Å². The number of nitrogens with one attached hydrogen (secondary N) is 1. The van der Waals surface area contributed by atoms with Crippen LogP contribution in [-0.2, 0) is 0 Å². The zero-order chi connectivity index (χ0) is 12.7. The third-order valence-electron chi connectivity index (χ3n) is 4.68. The lowest BCUT2D eigenvalue weighted by Gasteiger charge is -2.30. The minimum Gasteiger partial charge on any atom is -0.299 e. The van der Waals surface area contributed by atoms with Gasteiger partial charge in [-0.1, -0.05) is 64.7 Å². The van der Waals surface area contributed by atoms with E-state index < -0.39 is 0 Å². The van der Waals surface area contributed by atoms with Gasteiger partial charge in [-0.15, -0.1) is 11.8 Å². The zero-order valence-electron chi connectivity index (χ0n) is 12.2. The lowest BCUT2D eigenvalue weighted by molar-refractivity contribution is 0.355. The normalized spacial score (nSPS) is 30.8. The van der Waals surface area contributed by atoms with E-state index in [1.807, 2.05) is 0 Å². The monoisotopic (exact) mass is 269 g/mol. The Kier molecular flexibility index (Phi) is 6.37. The summed E-state index contributed by atoms with van der Waals surface area (Å²) in [6.45, 7) is 2.33. The van der Waals surface area contributed by atoms with Gasteiger partial charge in [-0.05, 0) is 19.3 Å². The lowest BCUT2D eigenvalue weighted by atomic mass is 9.97. The number of hydrogen-bond donors (Lipinski definition) is 1. The molecule has 0 aromatic carbocycles. The molecule has 1 heterocycles. The molecule has 1 atom stereocenters. The van der Waals surface area contributed by atoms with Gasteiger partial charge in [0.15, 0.2) is 0 Å². The van der Waals surface area contributed by atoms with Crippen molar-refractivity contribution in [1.82, 2.24) is 5.32 Å². The predicted molar refractivity (Wildman–Crippen MR) is 83.2 cm³/mol. The van der Waals surface area contributed by atoms with E-state index in [2.05, 4.69) is 24.0 Å². The minimum atomic E-state index is 0.458. The van der Waals surface area contributed by atoms with Crippen LogP contribution in [0.4, 0.5) is 0 Å². The van der Waals surface area contributed by atoms with Crippen molar-refractivity contribution >= 4 is 11.8 Å². The molecule has 18 heavy (non-hydrogen) atoms. The Morgan fingerprint density at radius 1 is 0.889 bits per heavy atom. The van der Waals surface area contributed by atoms with Gasteiger partial charge in [-0.3, -0.25) is 5.32 Å². The maximum Gasteiger partial charge on any atom is 0.0648 e. The Hall–Kier alpha value is 0.310. The fourth-order valence-corrected chi connectivity index (χ4v) is 5.07. The van der Waals surface area contributed by atoms with Crippen molar-refractivity contribution in [3.63, 3.8) is 0 Å². The lowest BCUT2D eigenvalue weighted by Crippen LogP contribution is -2.41. The maximum absolute atomic E-state index is 3.97. The minimum absolute atomic E-state index is 0.458. The molecule has 1 saturated heterocycles. The van der Waals surface area contributed by atoms with E-state index >= 15 is 0 Å². The van der Waals surface area contributed by atoms with Crippen LogP contribution in [0, 0.1) is 0 Å². The van der Waals surface area contributed by atoms with E-state index in [1.165, 1.54) is 82.8 Å². The molecule has 1 nitrogen and oxygen atoms in total. The van der Waals surface area contributed by atoms with Crippen LogP contribution in [0.1, 0.15) is 84.0 Å². The summed E-state index contributed by atoms with van der Waals surface area (Å²) < 4.78 is 0. The Labute approximate surface area is 118 Å². The summed E-state index contributed by atoms with van der Waals surface area (Å²) in [5.41, 5.74) is 0. The number of thioether (sulfide) groups is 1. The zero-order valence-corrected chi connectivity index (χ0v) is 13.0. The summed E-state index contributed by atoms with van der Waals surface area (Å²) in [5, 5.41) is 3.97. The molecule has 1 N–H and O–H groups in total. The smallest absolute Gasteiger partial charge is 0.0648 e. The summed E-state index contributed by atoms with van der Waals surface area (Å²) in [5.74, 6) is 1.34. The molecule has 0 radical (unpaired) electrons. The third kappa shape index (κ3) is 4.45. The first-order chi connectivity index (χ1) is 8.85. The highest BCUT2D eigenvalue weighted by molar-refractivity contribution is 8.00. The van der Waals surface area contributed by atoms with Crippen LogP contribution in [-0.4, -0.2) is 16.7 Å². The average Bonchev–Trinajstić information content (AvgIpc) is 2.78. The van der Waals surface area contributed by atoms with Crippen LogP contribution in [0.2, 0.25) is 0 Å². The van der Waals surface area contributed by atoms with E-state index in [-0.39, 0.29) is 0 Å². The third-order valence-corrected chi connectivity index (χ3v) is 6.33. The molecule has 2 heteroatoms. The highest BCUT2D eigenvalue weighted by Gasteiger charge is 2.37. The molecule has 1 spiro atoms. The maximum atomic E-state index is 3.97. The molecule has 1 saturated carbocycles. The van der Waals surface area contributed by atoms with Crippen molar-refractivity contribution in [1.29, 1.82) is 0 Å². The van der Waals surface area contributed by atoms with Crippen LogP contribution in [0.3, 0.4) is 0 Å². The molecule has 1 aliphatic carbocycles. The standard InChI is InChI=1S/C16H31NS/c1-2-15-14-18-16(17-15)12-10-8-6-4-3-5-7-9-11-13-16/h15,17H,2-14H2,1H3. The van der Waals surface area contributed by atoms with E-state index in [0.29, 0.717) is 4.87 Å². The van der Waals surface area contributed by atoms with E-state index in [0.717, 1.165) is 6.04 Å². The average molecular weight is 269 g/mol. The van der Waals surface area contributed by atoms with Crippen molar-refractivity contribution in [3.8, 4) is 0 Å². The second-order valence-corrected chi connectivity index (χ2v) is 7.64. The van der Waals surface area contributed by atoms with Crippen molar-refractivity contribution in [2.45, 2.75) is 94.9 Å². The molecular formula is C16H31NS. The molecule has 2 aliphatic rings. The van der Waals surface area contributed by atoms with Gasteiger partial charge in [0.1, 0.15) is 0 Å². The fraction of sp³-hybridized carbons (Fsp3) is 1.00. The summed E-state index contributed by atoms with van der Waals surface area (Å²) in [4.78, 5) is 0.458. The largest absolute Gasteiger partial charge is 0.299 e. The molecule has 0 aromatic heterocycles. The quantitative estimate of drug-likeness (QED) is 0.710. The van der Waals surface area contributed by atoms with Gasteiger partial charge in [-0.2, -0.15) is 0 Å². The van der Waals surface area contributed by atoms with Gasteiger partial charge >= 0.3 is 0 Å². The number of rotatable bonds is 1. The molecule has 0 aromatic rings. The van der Waals surface area contributed by atoms with Crippen LogP contribution in [0.15, 0.2) is 0 Å². The van der Waals surface area contributed by atoms with Gasteiger partial charge in [-0.25, -0.2) is 0 Å². The van der Waals surface area contributed by atoms with Gasteiger partial charge in [0.05, 0.1) is 4.87 Å². The van der Waals surface area contributed by atoms with Crippen molar-refractivity contribution in [2.75, 3.05) is 5.75 Å². The first kappa shape index (κ1) is 14.7.